The molecule has 1 N–H and O–H groups in total. The van der Waals surface area contributed by atoms with E-state index < -0.39 is 0 Å². The first-order chi connectivity index (χ1) is 13.1. The number of esters is 1. The Bertz CT molecular complexity index is 785. The summed E-state index contributed by atoms with van der Waals surface area (Å²) in [6.45, 7) is 4.78. The SMILES string of the molecule is COC(=O)CC(C)NC(=O)c1cc(-c2ccccc2)c(N2CCOCC2)s1. The van der Waals surface area contributed by atoms with Crippen LogP contribution in [0.4, 0.5) is 5.00 Å². The molecule has 2 heterocycles. The van der Waals surface area contributed by atoms with Gasteiger partial charge in [0.15, 0.2) is 0 Å². The zero-order valence-electron chi connectivity index (χ0n) is 15.6. The number of anilines is 1. The molecule has 2 aromatic rings. The molecular formula is C20H24N2O4S. The van der Waals surface area contributed by atoms with Crippen LogP contribution in [0, 0.1) is 0 Å². The predicted octanol–water partition coefficient (Wildman–Crippen LogP) is 2.93. The summed E-state index contributed by atoms with van der Waals surface area (Å²) in [5, 5.41) is 3.96. The minimum absolute atomic E-state index is 0.148. The van der Waals surface area contributed by atoms with Gasteiger partial charge in [-0.2, -0.15) is 0 Å². The van der Waals surface area contributed by atoms with Crippen LogP contribution in [0.1, 0.15) is 23.0 Å². The van der Waals surface area contributed by atoms with Gasteiger partial charge in [0.1, 0.15) is 0 Å². The highest BCUT2D eigenvalue weighted by atomic mass is 32.1. The van der Waals surface area contributed by atoms with E-state index in [9.17, 15) is 9.59 Å². The zero-order chi connectivity index (χ0) is 19.2. The van der Waals surface area contributed by atoms with Gasteiger partial charge in [-0.25, -0.2) is 0 Å². The number of rotatable bonds is 6. The molecule has 1 aliphatic rings. The van der Waals surface area contributed by atoms with Gasteiger partial charge in [-0.05, 0) is 18.6 Å². The number of methoxy groups -OCH3 is 1. The van der Waals surface area contributed by atoms with Gasteiger partial charge in [0.25, 0.3) is 5.91 Å². The lowest BCUT2D eigenvalue weighted by atomic mass is 10.1. The molecule has 0 aliphatic carbocycles. The summed E-state index contributed by atoms with van der Waals surface area (Å²) in [7, 11) is 1.34. The molecule has 0 saturated carbocycles. The maximum Gasteiger partial charge on any atom is 0.307 e. The van der Waals surface area contributed by atoms with Gasteiger partial charge in [-0.1, -0.05) is 30.3 Å². The molecule has 27 heavy (non-hydrogen) atoms. The minimum atomic E-state index is -0.340. The van der Waals surface area contributed by atoms with Gasteiger partial charge in [0.2, 0.25) is 0 Å². The number of amides is 1. The second kappa shape index (κ2) is 9.01. The number of ether oxygens (including phenoxy) is 2. The highest BCUT2D eigenvalue weighted by Gasteiger charge is 2.23. The van der Waals surface area contributed by atoms with Crippen LogP contribution in [-0.2, 0) is 14.3 Å². The molecule has 3 rings (SSSR count). The molecule has 1 aromatic carbocycles. The molecule has 6 nitrogen and oxygen atoms in total. The average molecular weight is 388 g/mol. The summed E-state index contributed by atoms with van der Waals surface area (Å²) >= 11 is 1.48. The monoisotopic (exact) mass is 388 g/mol. The van der Waals surface area contributed by atoms with Gasteiger partial charge < -0.3 is 19.7 Å². The van der Waals surface area contributed by atoms with Crippen LogP contribution >= 0.6 is 11.3 Å². The first-order valence-corrected chi connectivity index (χ1v) is 9.79. The maximum absolute atomic E-state index is 12.7. The van der Waals surface area contributed by atoms with Crippen molar-refractivity contribution in [1.82, 2.24) is 5.32 Å². The summed E-state index contributed by atoms with van der Waals surface area (Å²) in [6, 6.07) is 11.7. The second-order valence-electron chi connectivity index (χ2n) is 6.45. The van der Waals surface area contributed by atoms with Crippen molar-refractivity contribution < 1.29 is 19.1 Å². The van der Waals surface area contributed by atoms with Gasteiger partial charge in [0, 0.05) is 24.7 Å². The predicted molar refractivity (Wildman–Crippen MR) is 106 cm³/mol. The lowest BCUT2D eigenvalue weighted by Gasteiger charge is -2.28. The quantitative estimate of drug-likeness (QED) is 0.771. The largest absolute Gasteiger partial charge is 0.469 e. The number of carbonyl (C=O) groups excluding carboxylic acids is 2. The van der Waals surface area contributed by atoms with E-state index in [2.05, 4.69) is 15.0 Å². The Morgan fingerprint density at radius 1 is 1.26 bits per heavy atom. The van der Waals surface area contributed by atoms with E-state index in [1.807, 2.05) is 36.4 Å². The van der Waals surface area contributed by atoms with Crippen LogP contribution in [-0.4, -0.2) is 51.3 Å². The second-order valence-corrected chi connectivity index (χ2v) is 7.48. The third-order valence-electron chi connectivity index (χ3n) is 4.40. The molecule has 1 unspecified atom stereocenters. The molecule has 1 aromatic heterocycles. The topological polar surface area (TPSA) is 67.9 Å². The van der Waals surface area contributed by atoms with Gasteiger partial charge >= 0.3 is 5.97 Å². The first kappa shape index (κ1) is 19.4. The molecule has 1 saturated heterocycles. The number of nitrogens with zero attached hydrogens (tertiary/aromatic N) is 1. The molecule has 0 spiro atoms. The van der Waals surface area contributed by atoms with Gasteiger partial charge in [0.05, 0.1) is 36.6 Å². The Morgan fingerprint density at radius 2 is 1.96 bits per heavy atom. The number of hydrogen-bond donors (Lipinski definition) is 1. The molecule has 0 radical (unpaired) electrons. The summed E-state index contributed by atoms with van der Waals surface area (Å²) in [5.41, 5.74) is 2.13. The van der Waals surface area contributed by atoms with Crippen molar-refractivity contribution in [2.24, 2.45) is 0 Å². The van der Waals surface area contributed by atoms with Crippen LogP contribution in [0.2, 0.25) is 0 Å². The number of hydrogen-bond acceptors (Lipinski definition) is 6. The van der Waals surface area contributed by atoms with E-state index in [1.54, 1.807) is 6.92 Å². The Balaban J connectivity index is 1.84. The molecule has 7 heteroatoms. The van der Waals surface area contributed by atoms with E-state index in [0.717, 1.165) is 29.2 Å². The van der Waals surface area contributed by atoms with Crippen molar-refractivity contribution >= 4 is 28.2 Å². The Kier molecular flexibility index (Phi) is 6.47. The van der Waals surface area contributed by atoms with E-state index in [1.165, 1.54) is 18.4 Å². The van der Waals surface area contributed by atoms with Crippen LogP contribution in [0.5, 0.6) is 0 Å². The van der Waals surface area contributed by atoms with Crippen LogP contribution in [0.3, 0.4) is 0 Å². The third-order valence-corrected chi connectivity index (χ3v) is 5.59. The molecule has 1 fully saturated rings. The van der Waals surface area contributed by atoms with Crippen LogP contribution < -0.4 is 10.2 Å². The Labute approximate surface area is 163 Å². The number of thiophene rings is 1. The summed E-state index contributed by atoms with van der Waals surface area (Å²) in [6.07, 6.45) is 0.148. The van der Waals surface area contributed by atoms with Gasteiger partial charge in [-0.3, -0.25) is 9.59 Å². The average Bonchev–Trinajstić information content (AvgIpc) is 3.15. The van der Waals surface area contributed by atoms with Crippen molar-refractivity contribution in [3.05, 3.63) is 41.3 Å². The fourth-order valence-electron chi connectivity index (χ4n) is 3.00. The number of nitrogens with one attached hydrogen (secondary N) is 1. The molecule has 0 bridgehead atoms. The molecular weight excluding hydrogens is 364 g/mol. The highest BCUT2D eigenvalue weighted by molar-refractivity contribution is 7.18. The lowest BCUT2D eigenvalue weighted by molar-refractivity contribution is -0.141. The zero-order valence-corrected chi connectivity index (χ0v) is 16.4. The third kappa shape index (κ3) is 4.87. The van der Waals surface area contributed by atoms with Crippen LogP contribution in [0.25, 0.3) is 11.1 Å². The van der Waals surface area contributed by atoms with Crippen molar-refractivity contribution in [2.45, 2.75) is 19.4 Å². The van der Waals surface area contributed by atoms with Crippen molar-refractivity contribution in [1.29, 1.82) is 0 Å². The number of benzene rings is 1. The maximum atomic E-state index is 12.7. The first-order valence-electron chi connectivity index (χ1n) is 8.98. The summed E-state index contributed by atoms with van der Waals surface area (Å²) < 4.78 is 10.1. The number of carbonyl (C=O) groups is 2. The van der Waals surface area contributed by atoms with Crippen molar-refractivity contribution in [3.8, 4) is 11.1 Å². The molecule has 1 amide bonds. The summed E-state index contributed by atoms with van der Waals surface area (Å²) in [4.78, 5) is 27.0. The van der Waals surface area contributed by atoms with E-state index in [0.29, 0.717) is 18.1 Å². The van der Waals surface area contributed by atoms with E-state index in [-0.39, 0.29) is 24.3 Å². The fraction of sp³-hybridized carbons (Fsp3) is 0.400. The van der Waals surface area contributed by atoms with Crippen LogP contribution in [0.15, 0.2) is 36.4 Å². The Morgan fingerprint density at radius 3 is 2.63 bits per heavy atom. The molecule has 1 atom stereocenters. The fourth-order valence-corrected chi connectivity index (χ4v) is 4.13. The smallest absolute Gasteiger partial charge is 0.307 e. The standard InChI is InChI=1S/C20H24N2O4S/c1-14(12-18(23)25-2)21-19(24)17-13-16(15-6-4-3-5-7-15)20(27-17)22-8-10-26-11-9-22/h3-7,13-14H,8-12H2,1-2H3,(H,21,24). The Hall–Kier alpha value is -2.38. The summed E-state index contributed by atoms with van der Waals surface area (Å²) in [5.74, 6) is -0.513. The molecule has 144 valence electrons. The number of morpholine rings is 1. The van der Waals surface area contributed by atoms with E-state index in [4.69, 9.17) is 4.74 Å². The normalized spacial score (nSPS) is 15.3. The highest BCUT2D eigenvalue weighted by Crippen LogP contribution is 2.39. The van der Waals surface area contributed by atoms with Crippen molar-refractivity contribution in [3.63, 3.8) is 0 Å². The lowest BCUT2D eigenvalue weighted by Crippen LogP contribution is -2.36. The minimum Gasteiger partial charge on any atom is -0.469 e. The molecule has 1 aliphatic heterocycles. The van der Waals surface area contributed by atoms with E-state index >= 15 is 0 Å². The van der Waals surface area contributed by atoms with Gasteiger partial charge in [-0.15, -0.1) is 11.3 Å². The van der Waals surface area contributed by atoms with Crippen molar-refractivity contribution in [2.75, 3.05) is 38.3 Å².